The quantitative estimate of drug-likeness (QED) is 0.0150. The molecule has 0 bridgehead atoms. The van der Waals surface area contributed by atoms with E-state index in [-0.39, 0.29) is 141 Å². The molecule has 7 N–H and O–H groups in total. The van der Waals surface area contributed by atoms with E-state index >= 15 is 0 Å². The SMILES string of the molecule is CC[C@@]1(O)C(=O)OCc2c1cc1n(c2=O)Cc2cc3c(CN(C)C)c(OC(=O)NCCNC(=O)CCCNC(=O)[C@@H](NC(=O)CCCN4C(=O)C=CC4=O)[C@H](NC(=O)CCCN4C(=O)C=CC4=O)C(=O)NCCOCCOCCOCCOCCOCCOCCOCCOC)ccc3nc2-1. The molecular formula is C67H91N11O23. The molecule has 101 heavy (non-hydrogen) atoms. The van der Waals surface area contributed by atoms with E-state index in [1.165, 1.54) is 4.57 Å². The summed E-state index contributed by atoms with van der Waals surface area (Å²) in [7, 11) is 5.28. The average Bonchev–Trinajstić information content (AvgIpc) is 1.63. The molecule has 0 spiro atoms. The zero-order valence-corrected chi connectivity index (χ0v) is 57.4. The van der Waals surface area contributed by atoms with Crippen molar-refractivity contribution >= 4 is 76.1 Å². The van der Waals surface area contributed by atoms with Crippen molar-refractivity contribution in [1.82, 2.24) is 56.2 Å². The molecule has 6 heterocycles. The van der Waals surface area contributed by atoms with Crippen LogP contribution in [-0.4, -0.2) is 266 Å². The number of nitrogens with one attached hydrogen (secondary N) is 6. The molecule has 4 aliphatic rings. The van der Waals surface area contributed by atoms with Crippen molar-refractivity contribution in [3.05, 3.63) is 81.2 Å². The molecule has 0 aliphatic carbocycles. The Balaban J connectivity index is 0.870. The molecule has 0 saturated heterocycles. The summed E-state index contributed by atoms with van der Waals surface area (Å²) in [6.07, 6.45) is 2.69. The van der Waals surface area contributed by atoms with Crippen LogP contribution in [0.15, 0.2) is 53.4 Å². The van der Waals surface area contributed by atoms with Crippen LogP contribution >= 0.6 is 0 Å². The molecule has 4 aliphatic heterocycles. The van der Waals surface area contributed by atoms with Gasteiger partial charge >= 0.3 is 12.1 Å². The highest BCUT2D eigenvalue weighted by Gasteiger charge is 2.46. The maximum Gasteiger partial charge on any atom is 0.412 e. The van der Waals surface area contributed by atoms with Crippen LogP contribution in [0.1, 0.15) is 74.1 Å². The van der Waals surface area contributed by atoms with Crippen LogP contribution in [0.3, 0.4) is 0 Å². The Morgan fingerprint density at radius 2 is 1.09 bits per heavy atom. The van der Waals surface area contributed by atoms with Gasteiger partial charge in [0.05, 0.1) is 128 Å². The van der Waals surface area contributed by atoms with E-state index in [0.29, 0.717) is 113 Å². The van der Waals surface area contributed by atoms with Gasteiger partial charge in [0.15, 0.2) is 5.60 Å². The normalized spacial score (nSPS) is 15.8. The fourth-order valence-electron chi connectivity index (χ4n) is 10.9. The molecule has 0 saturated carbocycles. The largest absolute Gasteiger partial charge is 0.458 e. The summed E-state index contributed by atoms with van der Waals surface area (Å²) in [5.41, 5.74) is 0.766. The second kappa shape index (κ2) is 41.1. The van der Waals surface area contributed by atoms with Crippen LogP contribution in [0.2, 0.25) is 0 Å². The number of carbonyl (C=O) groups excluding carboxylic acids is 11. The minimum Gasteiger partial charge on any atom is -0.458 e. The minimum atomic E-state index is -1.99. The number of esters is 1. The van der Waals surface area contributed by atoms with Gasteiger partial charge in [0.2, 0.25) is 29.5 Å². The van der Waals surface area contributed by atoms with Gasteiger partial charge in [-0.15, -0.1) is 0 Å². The van der Waals surface area contributed by atoms with Gasteiger partial charge in [0.25, 0.3) is 29.2 Å². The van der Waals surface area contributed by atoms with E-state index in [2.05, 4.69) is 31.9 Å². The van der Waals surface area contributed by atoms with E-state index in [1.54, 1.807) is 32.2 Å². The monoisotopic (exact) mass is 1420 g/mol. The third kappa shape index (κ3) is 23.8. The van der Waals surface area contributed by atoms with Crippen LogP contribution in [0, 0.1) is 0 Å². The molecule has 34 heteroatoms. The maximum absolute atomic E-state index is 14.2. The van der Waals surface area contributed by atoms with Crippen molar-refractivity contribution in [2.45, 2.75) is 89.3 Å². The van der Waals surface area contributed by atoms with Crippen molar-refractivity contribution in [3.8, 4) is 17.1 Å². The highest BCUT2D eigenvalue weighted by atomic mass is 16.6. The van der Waals surface area contributed by atoms with Gasteiger partial charge in [-0.3, -0.25) is 57.7 Å². The molecule has 7 rings (SSSR count). The third-order valence-electron chi connectivity index (χ3n) is 16.1. The fourth-order valence-corrected chi connectivity index (χ4v) is 10.9. The van der Waals surface area contributed by atoms with Gasteiger partial charge in [-0.2, -0.15) is 0 Å². The van der Waals surface area contributed by atoms with Crippen LogP contribution in [0.4, 0.5) is 4.79 Å². The molecule has 3 aromatic rings. The lowest BCUT2D eigenvalue weighted by Crippen LogP contribution is -2.64. The van der Waals surface area contributed by atoms with E-state index in [4.69, 9.17) is 52.4 Å². The number of benzene rings is 1. The Morgan fingerprint density at radius 3 is 1.59 bits per heavy atom. The number of nitrogens with zero attached hydrogens (tertiary/aromatic N) is 5. The molecule has 0 fully saturated rings. The Labute approximate surface area is 582 Å². The number of aliphatic hydroxyl groups is 1. The molecule has 1 aromatic carbocycles. The summed E-state index contributed by atoms with van der Waals surface area (Å²) in [5, 5.41) is 27.5. The highest BCUT2D eigenvalue weighted by molar-refractivity contribution is 6.13. The first-order valence-corrected chi connectivity index (χ1v) is 33.5. The smallest absolute Gasteiger partial charge is 0.412 e. The fraction of sp³-hybridized carbons (Fsp3) is 0.567. The summed E-state index contributed by atoms with van der Waals surface area (Å²) < 4.78 is 55.9. The predicted octanol–water partition coefficient (Wildman–Crippen LogP) is -1.50. The first kappa shape index (κ1) is 79.4. The lowest BCUT2D eigenvalue weighted by molar-refractivity contribution is -0.172. The average molecular weight is 1420 g/mol. The number of cyclic esters (lactones) is 1. The van der Waals surface area contributed by atoms with Crippen molar-refractivity contribution in [2.75, 3.05) is 160 Å². The van der Waals surface area contributed by atoms with E-state index in [9.17, 15) is 62.6 Å². The van der Waals surface area contributed by atoms with Gasteiger partial charge in [0.1, 0.15) is 24.4 Å². The van der Waals surface area contributed by atoms with Crippen molar-refractivity contribution in [3.63, 3.8) is 0 Å². The van der Waals surface area contributed by atoms with Gasteiger partial charge in [-0.25, -0.2) is 14.6 Å². The number of aromatic nitrogens is 2. The van der Waals surface area contributed by atoms with Crippen LogP contribution in [0.25, 0.3) is 22.3 Å². The Kier molecular flexibility index (Phi) is 32.3. The number of rotatable bonds is 48. The van der Waals surface area contributed by atoms with Gasteiger partial charge in [0, 0.05) is 119 Å². The maximum atomic E-state index is 14.2. The number of pyridine rings is 2. The van der Waals surface area contributed by atoms with E-state index in [1.807, 2.05) is 25.1 Å². The van der Waals surface area contributed by atoms with E-state index in [0.717, 1.165) is 34.1 Å². The Hall–Kier alpha value is -8.97. The van der Waals surface area contributed by atoms with Gasteiger partial charge in [-0.05, 0) is 64.0 Å². The summed E-state index contributed by atoms with van der Waals surface area (Å²) >= 11 is 0. The second-order valence-corrected chi connectivity index (χ2v) is 23.7. The van der Waals surface area contributed by atoms with Crippen molar-refractivity contribution in [2.24, 2.45) is 0 Å². The lowest BCUT2D eigenvalue weighted by Gasteiger charge is -2.31. The molecule has 2 aromatic heterocycles. The molecule has 0 unspecified atom stereocenters. The number of ether oxygens (including phenoxy) is 10. The number of hydrogen-bond donors (Lipinski definition) is 7. The summed E-state index contributed by atoms with van der Waals surface area (Å²) in [6, 6.07) is 3.20. The summed E-state index contributed by atoms with van der Waals surface area (Å²) in [5.74, 6) is -6.79. The number of fused-ring (bicyclic) bond motifs is 5. The first-order valence-electron chi connectivity index (χ1n) is 33.5. The molecule has 0 radical (unpaired) electrons. The van der Waals surface area contributed by atoms with Crippen LogP contribution in [0.5, 0.6) is 5.75 Å². The second-order valence-electron chi connectivity index (χ2n) is 23.7. The molecule has 34 nitrogen and oxygen atoms in total. The number of amides is 10. The van der Waals surface area contributed by atoms with Crippen LogP contribution in [-0.2, 0) is 116 Å². The zero-order valence-electron chi connectivity index (χ0n) is 57.4. The number of methoxy groups -OCH3 is 1. The van der Waals surface area contributed by atoms with Gasteiger partial charge < -0.3 is 93.8 Å². The third-order valence-corrected chi connectivity index (χ3v) is 16.1. The molecular weight excluding hydrogens is 1330 g/mol. The zero-order chi connectivity index (χ0) is 72.7. The standard InChI is InChI=1S/C67H91N11O23/c1-5-67(91)48-40-50-59-44(41-78(50)64(88)47(48)43-100-65(67)89)39-45-46(42-75(2)3)51(13-12-49(45)72-59)101-66(90)71-20-19-68-52(79)9-6-18-69-62(86)60(73-53(80)10-7-22-76-55(82)14-15-56(76)83)61(74-54(81)11-8-23-77-57(84)16-17-58(77)85)63(87)70-21-24-93-27-28-95-31-32-97-35-36-99-38-37-98-34-33-96-30-29-94-26-25-92-4/h12-17,39-40,60-61,91H,5-11,18-38,41-43H2,1-4H3,(H,68,79)(H,69,86)(H,70,87)(H,71,90)(H,73,80)(H,74,81)/t60-,61-,67-/m0/s1. The van der Waals surface area contributed by atoms with E-state index < -0.39 is 88.5 Å². The molecule has 552 valence electrons. The van der Waals surface area contributed by atoms with Crippen LogP contribution < -0.4 is 42.2 Å². The highest BCUT2D eigenvalue weighted by Crippen LogP contribution is 2.40. The number of hydrogen-bond acceptors (Lipinski definition) is 25. The van der Waals surface area contributed by atoms with Crippen molar-refractivity contribution < 1.29 is 105 Å². The first-order chi connectivity index (χ1) is 48.7. The topological polar surface area (TPSA) is 417 Å². The number of imide groups is 2. The van der Waals surface area contributed by atoms with Crippen molar-refractivity contribution in [1.29, 1.82) is 0 Å². The lowest BCUT2D eigenvalue weighted by atomic mass is 9.86. The Bertz CT molecular complexity index is 3510. The van der Waals surface area contributed by atoms with Gasteiger partial charge in [-0.1, -0.05) is 6.92 Å². The molecule has 3 atom stereocenters. The minimum absolute atomic E-state index is 0.00592. The predicted molar refractivity (Wildman–Crippen MR) is 356 cm³/mol. The molecule has 10 amide bonds. The summed E-state index contributed by atoms with van der Waals surface area (Å²) in [4.78, 5) is 166. The number of carbonyl (C=O) groups is 11. The Morgan fingerprint density at radius 1 is 0.604 bits per heavy atom. The summed E-state index contributed by atoms with van der Waals surface area (Å²) in [6.45, 7) is 6.31.